The van der Waals surface area contributed by atoms with Crippen molar-refractivity contribution in [1.82, 2.24) is 0 Å². The second-order valence-corrected chi connectivity index (χ2v) is 6.94. The molecule has 0 amide bonds. The Bertz CT molecular complexity index is 414. The highest BCUT2D eigenvalue weighted by Crippen LogP contribution is 2.62. The normalized spacial score (nSPS) is 47.7. The van der Waals surface area contributed by atoms with Gasteiger partial charge in [-0.15, -0.1) is 0 Å². The van der Waals surface area contributed by atoms with Gasteiger partial charge in [0.25, 0.3) is 0 Å². The van der Waals surface area contributed by atoms with Gasteiger partial charge in [0.1, 0.15) is 5.41 Å². The predicted molar refractivity (Wildman–Crippen MR) is 52.1 cm³/mol. The van der Waals surface area contributed by atoms with Gasteiger partial charge >= 0.3 is 5.97 Å². The number of sulfone groups is 1. The average molecular weight is 234 g/mol. The van der Waals surface area contributed by atoms with E-state index in [1.54, 1.807) is 6.92 Å². The number of carboxylic acid groups (broad SMARTS) is 1. The van der Waals surface area contributed by atoms with Crippen molar-refractivity contribution < 1.29 is 23.4 Å². The zero-order valence-electron chi connectivity index (χ0n) is 8.43. The van der Waals surface area contributed by atoms with Gasteiger partial charge in [-0.2, -0.15) is 0 Å². The van der Waals surface area contributed by atoms with E-state index >= 15 is 0 Å². The highest BCUT2D eigenvalue weighted by molar-refractivity contribution is 7.91. The Labute approximate surface area is 88.0 Å². The molecule has 0 bridgehead atoms. The molecule has 2 rings (SSSR count). The fourth-order valence-corrected chi connectivity index (χ4v) is 4.68. The molecule has 0 radical (unpaired) electrons. The highest BCUT2D eigenvalue weighted by Gasteiger charge is 2.71. The molecule has 0 aromatic rings. The van der Waals surface area contributed by atoms with Gasteiger partial charge in [0.15, 0.2) is 9.84 Å². The van der Waals surface area contributed by atoms with Crippen LogP contribution in [0.15, 0.2) is 0 Å². The largest absolute Gasteiger partial charge is 0.481 e. The molecular formula is C9H14O5S. The summed E-state index contributed by atoms with van der Waals surface area (Å²) in [6.07, 6.45) is 0.417. The number of carbonyl (C=O) groups is 1. The molecule has 2 fully saturated rings. The predicted octanol–water partition coefficient (Wildman–Crippen LogP) is -0.353. The van der Waals surface area contributed by atoms with Gasteiger partial charge in [-0.05, 0) is 18.8 Å². The second-order valence-electron chi connectivity index (χ2n) is 4.76. The molecule has 0 spiro atoms. The number of rotatable bonds is 2. The molecule has 1 aliphatic carbocycles. The van der Waals surface area contributed by atoms with Gasteiger partial charge in [-0.25, -0.2) is 8.42 Å². The van der Waals surface area contributed by atoms with E-state index in [2.05, 4.69) is 0 Å². The number of hydrogen-bond acceptors (Lipinski definition) is 4. The van der Waals surface area contributed by atoms with Crippen molar-refractivity contribution in [3.8, 4) is 0 Å². The summed E-state index contributed by atoms with van der Waals surface area (Å²) in [7, 11) is -3.27. The van der Waals surface area contributed by atoms with E-state index in [0.29, 0.717) is 6.42 Å². The molecule has 2 N–H and O–H groups in total. The van der Waals surface area contributed by atoms with Crippen molar-refractivity contribution in [1.29, 1.82) is 0 Å². The SMILES string of the molecule is CC1CC1(C(=O)O)C1(O)CCS(=O)(=O)C1. The Balaban J connectivity index is 2.36. The van der Waals surface area contributed by atoms with Gasteiger partial charge in [0.05, 0.1) is 17.1 Å². The standard InChI is InChI=1S/C9H14O5S/c1-6-4-9(6,7(10)11)8(12)2-3-15(13,14)5-8/h6,12H,2-5H2,1H3,(H,10,11). The van der Waals surface area contributed by atoms with Crippen molar-refractivity contribution in [2.24, 2.45) is 11.3 Å². The minimum atomic E-state index is -3.27. The molecule has 0 aromatic heterocycles. The van der Waals surface area contributed by atoms with Crippen LogP contribution >= 0.6 is 0 Å². The molecule has 2 aliphatic rings. The van der Waals surface area contributed by atoms with Crippen molar-refractivity contribution in [3.05, 3.63) is 0 Å². The van der Waals surface area contributed by atoms with Gasteiger partial charge in [-0.3, -0.25) is 4.79 Å². The number of carboxylic acids is 1. The quantitative estimate of drug-likeness (QED) is 0.681. The molecule has 1 saturated carbocycles. The number of hydrogen-bond donors (Lipinski definition) is 2. The zero-order chi connectivity index (χ0) is 11.5. The lowest BCUT2D eigenvalue weighted by molar-refractivity contribution is -0.155. The summed E-state index contributed by atoms with van der Waals surface area (Å²) >= 11 is 0. The summed E-state index contributed by atoms with van der Waals surface area (Å²) in [6.45, 7) is 1.73. The molecule has 1 aliphatic heterocycles. The summed E-state index contributed by atoms with van der Waals surface area (Å²) in [4.78, 5) is 11.1. The van der Waals surface area contributed by atoms with Gasteiger partial charge < -0.3 is 10.2 Å². The lowest BCUT2D eigenvalue weighted by Gasteiger charge is -2.29. The van der Waals surface area contributed by atoms with E-state index < -0.39 is 32.6 Å². The van der Waals surface area contributed by atoms with Crippen molar-refractivity contribution >= 4 is 15.8 Å². The first-order chi connectivity index (χ1) is 6.74. The maximum absolute atomic E-state index is 11.3. The van der Waals surface area contributed by atoms with Gasteiger partial charge in [0.2, 0.25) is 0 Å². The van der Waals surface area contributed by atoms with Crippen LogP contribution in [0.1, 0.15) is 19.8 Å². The van der Waals surface area contributed by atoms with Crippen LogP contribution in [0.2, 0.25) is 0 Å². The van der Waals surface area contributed by atoms with E-state index in [4.69, 9.17) is 5.11 Å². The summed E-state index contributed by atoms with van der Waals surface area (Å²) in [5, 5.41) is 19.3. The van der Waals surface area contributed by atoms with E-state index in [0.717, 1.165) is 0 Å². The third-order valence-electron chi connectivity index (χ3n) is 3.81. The van der Waals surface area contributed by atoms with E-state index in [9.17, 15) is 18.3 Å². The molecule has 1 heterocycles. The van der Waals surface area contributed by atoms with Crippen molar-refractivity contribution in [2.45, 2.75) is 25.4 Å². The molecule has 15 heavy (non-hydrogen) atoms. The summed E-state index contributed by atoms with van der Waals surface area (Å²) in [5.41, 5.74) is -2.78. The Kier molecular flexibility index (Phi) is 1.98. The highest BCUT2D eigenvalue weighted by atomic mass is 32.2. The van der Waals surface area contributed by atoms with Crippen LogP contribution in [0.5, 0.6) is 0 Å². The van der Waals surface area contributed by atoms with Crippen LogP contribution < -0.4 is 0 Å². The van der Waals surface area contributed by atoms with Crippen molar-refractivity contribution in [2.75, 3.05) is 11.5 Å². The third-order valence-corrected chi connectivity index (χ3v) is 5.55. The fourth-order valence-electron chi connectivity index (χ4n) is 2.75. The Morgan fingerprint density at radius 2 is 2.00 bits per heavy atom. The minimum absolute atomic E-state index is 0.0476. The lowest BCUT2D eigenvalue weighted by Crippen LogP contribution is -2.46. The first kappa shape index (κ1) is 10.9. The summed E-state index contributed by atoms with van der Waals surface area (Å²) in [6, 6.07) is 0. The molecule has 5 nitrogen and oxygen atoms in total. The molecule has 0 aromatic carbocycles. The van der Waals surface area contributed by atoms with Crippen LogP contribution in [0.4, 0.5) is 0 Å². The molecular weight excluding hydrogens is 220 g/mol. The smallest absolute Gasteiger partial charge is 0.312 e. The van der Waals surface area contributed by atoms with Gasteiger partial charge in [-0.1, -0.05) is 6.92 Å². The van der Waals surface area contributed by atoms with Crippen LogP contribution in [-0.2, 0) is 14.6 Å². The van der Waals surface area contributed by atoms with Gasteiger partial charge in [0, 0.05) is 0 Å². The van der Waals surface area contributed by atoms with Crippen LogP contribution in [-0.4, -0.2) is 41.7 Å². The van der Waals surface area contributed by atoms with Crippen LogP contribution in [0.3, 0.4) is 0 Å². The first-order valence-electron chi connectivity index (χ1n) is 4.90. The van der Waals surface area contributed by atoms with E-state index in [-0.39, 0.29) is 18.1 Å². The molecule has 3 unspecified atom stereocenters. The zero-order valence-corrected chi connectivity index (χ0v) is 9.25. The number of aliphatic hydroxyl groups is 1. The minimum Gasteiger partial charge on any atom is -0.481 e. The van der Waals surface area contributed by atoms with Crippen molar-refractivity contribution in [3.63, 3.8) is 0 Å². The average Bonchev–Trinajstić information content (AvgIpc) is 2.67. The molecule has 3 atom stereocenters. The number of aliphatic carboxylic acids is 1. The Morgan fingerprint density at radius 3 is 2.27 bits per heavy atom. The van der Waals surface area contributed by atoms with Crippen LogP contribution in [0, 0.1) is 11.3 Å². The lowest BCUT2D eigenvalue weighted by atomic mass is 9.82. The molecule has 86 valence electrons. The third kappa shape index (κ3) is 1.31. The summed E-state index contributed by atoms with van der Waals surface area (Å²) < 4.78 is 22.6. The van der Waals surface area contributed by atoms with E-state index in [1.165, 1.54) is 0 Å². The molecule has 6 heteroatoms. The second kappa shape index (κ2) is 2.74. The van der Waals surface area contributed by atoms with E-state index in [1.807, 2.05) is 0 Å². The maximum atomic E-state index is 11.3. The monoisotopic (exact) mass is 234 g/mol. The summed E-state index contributed by atoms with van der Waals surface area (Å²) in [5.74, 6) is -1.73. The fraction of sp³-hybridized carbons (Fsp3) is 0.889. The maximum Gasteiger partial charge on any atom is 0.312 e. The van der Waals surface area contributed by atoms with Crippen LogP contribution in [0.25, 0.3) is 0 Å². The first-order valence-corrected chi connectivity index (χ1v) is 6.72. The molecule has 1 saturated heterocycles. The Hall–Kier alpha value is -0.620. The Morgan fingerprint density at radius 1 is 1.47 bits per heavy atom. The topological polar surface area (TPSA) is 91.7 Å².